The molecule has 0 spiro atoms. The Bertz CT molecular complexity index is 1040. The molecule has 2 aliphatic rings. The van der Waals surface area contributed by atoms with Gasteiger partial charge >= 0.3 is 7.60 Å². The van der Waals surface area contributed by atoms with Crippen LogP contribution in [0.25, 0.3) is 0 Å². The average molecular weight is 481 g/mol. The second-order valence-electron chi connectivity index (χ2n) is 7.79. The lowest BCUT2D eigenvalue weighted by Crippen LogP contribution is -2.38. The van der Waals surface area contributed by atoms with Gasteiger partial charge in [0, 0.05) is 24.4 Å². The Morgan fingerprint density at radius 2 is 1.94 bits per heavy atom. The number of pyridine rings is 1. The second kappa shape index (κ2) is 8.76. The van der Waals surface area contributed by atoms with E-state index >= 15 is 0 Å². The van der Waals surface area contributed by atoms with Crippen molar-refractivity contribution in [2.75, 3.05) is 0 Å². The molecule has 11 heteroatoms. The van der Waals surface area contributed by atoms with E-state index < -0.39 is 32.7 Å². The van der Waals surface area contributed by atoms with Crippen molar-refractivity contribution in [3.8, 4) is 5.75 Å². The summed E-state index contributed by atoms with van der Waals surface area (Å²) in [5.41, 5.74) is 0.755. The summed E-state index contributed by atoms with van der Waals surface area (Å²) in [6, 6.07) is 9.44. The van der Waals surface area contributed by atoms with Gasteiger partial charge in [0.05, 0.1) is 0 Å². The van der Waals surface area contributed by atoms with E-state index in [4.69, 9.17) is 18.5 Å². The van der Waals surface area contributed by atoms with Crippen molar-refractivity contribution in [3.05, 3.63) is 72.4 Å². The second-order valence-corrected chi connectivity index (χ2v) is 12.5. The molecule has 0 bridgehead atoms. The van der Waals surface area contributed by atoms with E-state index in [2.05, 4.69) is 17.9 Å². The van der Waals surface area contributed by atoms with Crippen LogP contribution in [-0.4, -0.2) is 37.4 Å². The van der Waals surface area contributed by atoms with Crippen molar-refractivity contribution in [1.82, 2.24) is 4.98 Å². The van der Waals surface area contributed by atoms with Crippen LogP contribution >= 0.6 is 14.9 Å². The predicted octanol–water partition coefficient (Wildman–Crippen LogP) is 3.89. The molecule has 2 heterocycles. The Morgan fingerprint density at radius 3 is 2.50 bits per heavy atom. The maximum Gasteiger partial charge on any atom is 0.371 e. The fraction of sp³-hybridized carbons (Fsp3) is 0.333. The van der Waals surface area contributed by atoms with E-state index in [0.717, 1.165) is 19.3 Å². The molecule has 2 fully saturated rings. The largest absolute Gasteiger partial charge is 0.462 e. The Hall–Kier alpha value is -1.96. The topological polar surface area (TPSA) is 128 Å². The summed E-state index contributed by atoms with van der Waals surface area (Å²) in [6.07, 6.45) is 7.88. The first-order valence-electron chi connectivity index (χ1n) is 10.0. The molecule has 3 N–H and O–H groups in total. The van der Waals surface area contributed by atoms with Crippen LogP contribution in [0, 0.1) is 0 Å². The van der Waals surface area contributed by atoms with Crippen LogP contribution in [0.4, 0.5) is 0 Å². The van der Waals surface area contributed by atoms with Crippen molar-refractivity contribution >= 4 is 21.2 Å². The van der Waals surface area contributed by atoms with Crippen molar-refractivity contribution in [2.24, 2.45) is 0 Å². The van der Waals surface area contributed by atoms with E-state index in [0.29, 0.717) is 16.9 Å². The van der Waals surface area contributed by atoms with E-state index in [1.165, 1.54) is 12.4 Å². The van der Waals surface area contributed by atoms with Gasteiger partial charge in [0.25, 0.3) is 5.95 Å². The number of hydrogen-bond acceptors (Lipinski definition) is 8. The molecule has 1 saturated carbocycles. The maximum absolute atomic E-state index is 13.0. The zero-order chi connectivity index (χ0) is 23.0. The summed E-state index contributed by atoms with van der Waals surface area (Å²) in [7, 11) is -8.83. The summed E-state index contributed by atoms with van der Waals surface area (Å²) in [4.78, 5) is 25.3. The van der Waals surface area contributed by atoms with Gasteiger partial charge in [0.1, 0.15) is 11.9 Å². The summed E-state index contributed by atoms with van der Waals surface area (Å²) in [5, 5.41) is 8.39. The van der Waals surface area contributed by atoms with Crippen LogP contribution in [0.15, 0.2) is 61.3 Å². The molecular formula is C21H25NO8P2. The number of hydrogen-bond donors (Lipinski definition) is 3. The van der Waals surface area contributed by atoms with Crippen LogP contribution in [0.1, 0.15) is 36.7 Å². The molecule has 4 unspecified atom stereocenters. The first-order chi connectivity index (χ1) is 15.1. The number of rotatable bonds is 7. The third-order valence-electron chi connectivity index (χ3n) is 5.42. The van der Waals surface area contributed by atoms with Crippen LogP contribution in [0.2, 0.25) is 0 Å². The van der Waals surface area contributed by atoms with Crippen LogP contribution in [0.5, 0.6) is 5.75 Å². The van der Waals surface area contributed by atoms with Gasteiger partial charge in [-0.2, -0.15) is 0 Å². The molecule has 4 atom stereocenters. The molecule has 1 aliphatic carbocycles. The monoisotopic (exact) mass is 481 g/mol. The zero-order valence-electron chi connectivity index (χ0n) is 17.2. The SMILES string of the molecule is C=C(Oc1ccc(C2OP(=C)(O)C(O)(Cc3cccnc3)P(=O)(O)O2)cc1)OC1CCC1. The first kappa shape index (κ1) is 23.2. The minimum atomic E-state index is -4.79. The Morgan fingerprint density at radius 1 is 1.22 bits per heavy atom. The molecule has 0 radical (unpaired) electrons. The highest BCUT2D eigenvalue weighted by atomic mass is 31.2. The third-order valence-corrected chi connectivity index (χ3v) is 10.5. The summed E-state index contributed by atoms with van der Waals surface area (Å²) in [6.45, 7) is 3.74. The number of nitrogens with zero attached hydrogens (tertiary/aromatic N) is 1. The zero-order valence-corrected chi connectivity index (χ0v) is 19.0. The number of ether oxygens (including phenoxy) is 2. The number of aliphatic hydroxyl groups is 1. The molecule has 9 nitrogen and oxygen atoms in total. The number of aromatic nitrogens is 1. The minimum Gasteiger partial charge on any atom is -0.462 e. The Kier molecular flexibility index (Phi) is 6.36. The lowest BCUT2D eigenvalue weighted by molar-refractivity contribution is -0.0473. The van der Waals surface area contributed by atoms with Gasteiger partial charge in [0.2, 0.25) is 5.08 Å². The normalized spacial score (nSPS) is 32.7. The smallest absolute Gasteiger partial charge is 0.371 e. The summed E-state index contributed by atoms with van der Waals surface area (Å²) in [5.74, 6) is 0.625. The average Bonchev–Trinajstić information content (AvgIpc) is 2.70. The molecule has 1 saturated heterocycles. The van der Waals surface area contributed by atoms with E-state index in [1.807, 2.05) is 0 Å². The van der Waals surface area contributed by atoms with Gasteiger partial charge in [-0.3, -0.25) is 18.6 Å². The van der Waals surface area contributed by atoms with Crippen molar-refractivity contribution in [3.63, 3.8) is 0 Å². The molecular weight excluding hydrogens is 456 g/mol. The van der Waals surface area contributed by atoms with Crippen molar-refractivity contribution < 1.29 is 38.0 Å². The van der Waals surface area contributed by atoms with Crippen LogP contribution in [-0.2, 0) is 24.8 Å². The molecule has 2 aromatic rings. The highest BCUT2D eigenvalue weighted by Gasteiger charge is 2.62. The van der Waals surface area contributed by atoms with Crippen molar-refractivity contribution in [1.29, 1.82) is 0 Å². The molecule has 1 aromatic carbocycles. The van der Waals surface area contributed by atoms with Gasteiger partial charge in [-0.15, -0.1) is 0 Å². The molecule has 172 valence electrons. The predicted molar refractivity (Wildman–Crippen MR) is 119 cm³/mol. The molecule has 0 amide bonds. The standard InChI is InChI=1S/C21H25NO8P2/c1-15(27-18-6-3-7-18)28-19-10-8-17(9-11-19)20-29-31(2,24)21(23,32(25,26)30-20)13-16-5-4-12-22-14-16/h4-5,8-12,14,18,20,23-24H,1-3,6-7,13H2,(H,25,26). The Balaban J connectivity index is 1.48. The number of benzene rings is 1. The van der Waals surface area contributed by atoms with E-state index in [-0.39, 0.29) is 12.0 Å². The highest BCUT2D eigenvalue weighted by Crippen LogP contribution is 2.78. The van der Waals surface area contributed by atoms with Gasteiger partial charge < -0.3 is 24.4 Å². The van der Waals surface area contributed by atoms with E-state index in [9.17, 15) is 19.5 Å². The van der Waals surface area contributed by atoms with E-state index in [1.54, 1.807) is 36.4 Å². The summed E-state index contributed by atoms with van der Waals surface area (Å²) >= 11 is 0. The highest BCUT2D eigenvalue weighted by molar-refractivity contribution is 7.78. The van der Waals surface area contributed by atoms with Crippen LogP contribution in [0.3, 0.4) is 0 Å². The fourth-order valence-corrected chi connectivity index (χ4v) is 7.30. The molecule has 1 aromatic heterocycles. The first-order valence-corrected chi connectivity index (χ1v) is 13.4. The van der Waals surface area contributed by atoms with Crippen molar-refractivity contribution in [2.45, 2.75) is 43.2 Å². The molecule has 1 aliphatic heterocycles. The Labute approximate surface area is 185 Å². The molecule has 32 heavy (non-hydrogen) atoms. The van der Waals surface area contributed by atoms with Gasteiger partial charge in [-0.05, 0) is 55.9 Å². The fourth-order valence-electron chi connectivity index (χ4n) is 3.32. The quantitative estimate of drug-likeness (QED) is 0.399. The van der Waals surface area contributed by atoms with Gasteiger partial charge in [-0.1, -0.05) is 18.2 Å². The van der Waals surface area contributed by atoms with Crippen LogP contribution < -0.4 is 4.74 Å². The molecule has 4 rings (SSSR count). The lowest BCUT2D eigenvalue weighted by Gasteiger charge is -2.45. The van der Waals surface area contributed by atoms with Gasteiger partial charge in [-0.25, -0.2) is 0 Å². The lowest BCUT2D eigenvalue weighted by atomic mass is 9.96. The summed E-state index contributed by atoms with van der Waals surface area (Å²) < 4.78 is 34.9. The maximum atomic E-state index is 13.0. The third kappa shape index (κ3) is 4.56. The van der Waals surface area contributed by atoms with Gasteiger partial charge in [0.15, 0.2) is 13.6 Å². The minimum absolute atomic E-state index is 0.133.